The molecule has 0 radical (unpaired) electrons. The zero-order chi connectivity index (χ0) is 12.3. The van der Waals surface area contributed by atoms with Gasteiger partial charge in [-0.15, -0.1) is 6.58 Å². The van der Waals surface area contributed by atoms with E-state index in [0.29, 0.717) is 6.54 Å². The lowest BCUT2D eigenvalue weighted by atomic mass is 9.98. The molecule has 1 aromatic heterocycles. The fourth-order valence-electron chi connectivity index (χ4n) is 1.93. The van der Waals surface area contributed by atoms with E-state index < -0.39 is 0 Å². The van der Waals surface area contributed by atoms with Gasteiger partial charge < -0.3 is 10.3 Å². The third-order valence-electron chi connectivity index (χ3n) is 2.94. The van der Waals surface area contributed by atoms with E-state index in [1.807, 2.05) is 28.8 Å². The maximum atomic E-state index is 6.08. The highest BCUT2D eigenvalue weighted by Gasteiger charge is 2.15. The van der Waals surface area contributed by atoms with E-state index in [1.54, 1.807) is 6.33 Å². The number of hydrogen-bond donors (Lipinski definition) is 1. The molecule has 0 fully saturated rings. The second-order valence-corrected chi connectivity index (χ2v) is 4.09. The Morgan fingerprint density at radius 3 is 2.76 bits per heavy atom. The molecular weight excluding hydrogens is 210 g/mol. The van der Waals surface area contributed by atoms with Crippen LogP contribution in [0.1, 0.15) is 24.1 Å². The van der Waals surface area contributed by atoms with Gasteiger partial charge in [0.25, 0.3) is 0 Å². The van der Waals surface area contributed by atoms with Crippen LogP contribution in [0.5, 0.6) is 0 Å². The molecular formula is C14H17N3. The standard InChI is InChI=1S/C14H17N3/c1-3-9-17-10-16-13(14(17)15)11(2)12-7-5-4-6-8-12/h3-8,10-11H,1,9,15H2,2H3. The van der Waals surface area contributed by atoms with Gasteiger partial charge in [-0.1, -0.05) is 43.3 Å². The topological polar surface area (TPSA) is 43.8 Å². The first-order chi connectivity index (χ1) is 8.24. The van der Waals surface area contributed by atoms with Crippen molar-refractivity contribution in [3.63, 3.8) is 0 Å². The fourth-order valence-corrected chi connectivity index (χ4v) is 1.93. The first kappa shape index (κ1) is 11.5. The van der Waals surface area contributed by atoms with Crippen LogP contribution in [0.2, 0.25) is 0 Å². The van der Waals surface area contributed by atoms with Gasteiger partial charge in [-0.3, -0.25) is 0 Å². The van der Waals surface area contributed by atoms with Crippen molar-refractivity contribution in [3.05, 3.63) is 60.6 Å². The van der Waals surface area contributed by atoms with Crippen LogP contribution >= 0.6 is 0 Å². The maximum absolute atomic E-state index is 6.08. The molecule has 1 heterocycles. The zero-order valence-electron chi connectivity index (χ0n) is 10.0. The SMILES string of the molecule is C=CCn1cnc(C(C)c2ccccc2)c1N. The Hall–Kier alpha value is -2.03. The molecule has 0 amide bonds. The third kappa shape index (κ3) is 2.23. The summed E-state index contributed by atoms with van der Waals surface area (Å²) in [5, 5.41) is 0. The summed E-state index contributed by atoms with van der Waals surface area (Å²) in [6.45, 7) is 6.52. The smallest absolute Gasteiger partial charge is 0.127 e. The minimum atomic E-state index is 0.210. The summed E-state index contributed by atoms with van der Waals surface area (Å²) in [5.74, 6) is 0.934. The second-order valence-electron chi connectivity index (χ2n) is 4.09. The summed E-state index contributed by atoms with van der Waals surface area (Å²) in [7, 11) is 0. The lowest BCUT2D eigenvalue weighted by Gasteiger charge is -2.10. The van der Waals surface area contributed by atoms with Crippen LogP contribution in [0.15, 0.2) is 49.3 Å². The van der Waals surface area contributed by atoms with Gasteiger partial charge in [0.2, 0.25) is 0 Å². The summed E-state index contributed by atoms with van der Waals surface area (Å²) in [4.78, 5) is 4.40. The molecule has 0 aliphatic rings. The van der Waals surface area contributed by atoms with Gasteiger partial charge in [0.1, 0.15) is 5.82 Å². The Balaban J connectivity index is 2.31. The van der Waals surface area contributed by atoms with Gasteiger partial charge in [0.05, 0.1) is 12.0 Å². The lowest BCUT2D eigenvalue weighted by Crippen LogP contribution is -2.04. The van der Waals surface area contributed by atoms with Crippen LogP contribution in [0, 0.1) is 0 Å². The van der Waals surface area contributed by atoms with Gasteiger partial charge >= 0.3 is 0 Å². The predicted molar refractivity (Wildman–Crippen MR) is 70.8 cm³/mol. The molecule has 2 aromatic rings. The quantitative estimate of drug-likeness (QED) is 0.816. The van der Waals surface area contributed by atoms with E-state index in [9.17, 15) is 0 Å². The minimum absolute atomic E-state index is 0.210. The highest BCUT2D eigenvalue weighted by molar-refractivity contribution is 5.43. The number of rotatable bonds is 4. The van der Waals surface area contributed by atoms with Crippen molar-refractivity contribution in [2.24, 2.45) is 0 Å². The number of benzene rings is 1. The van der Waals surface area contributed by atoms with E-state index in [0.717, 1.165) is 11.5 Å². The van der Waals surface area contributed by atoms with E-state index in [4.69, 9.17) is 5.73 Å². The molecule has 3 heteroatoms. The normalized spacial score (nSPS) is 12.3. The number of nitrogens with two attached hydrogens (primary N) is 1. The van der Waals surface area contributed by atoms with Crippen molar-refractivity contribution in [2.75, 3.05) is 5.73 Å². The van der Waals surface area contributed by atoms with Crippen molar-refractivity contribution >= 4 is 5.82 Å². The number of nitrogens with zero attached hydrogens (tertiary/aromatic N) is 2. The largest absolute Gasteiger partial charge is 0.384 e. The van der Waals surface area contributed by atoms with E-state index >= 15 is 0 Å². The number of hydrogen-bond acceptors (Lipinski definition) is 2. The molecule has 0 bridgehead atoms. The maximum Gasteiger partial charge on any atom is 0.127 e. The van der Waals surface area contributed by atoms with Crippen molar-refractivity contribution in [1.29, 1.82) is 0 Å². The molecule has 0 spiro atoms. The van der Waals surface area contributed by atoms with Gasteiger partial charge in [-0.05, 0) is 5.56 Å². The average molecular weight is 227 g/mol. The highest BCUT2D eigenvalue weighted by atomic mass is 15.1. The summed E-state index contributed by atoms with van der Waals surface area (Å²) >= 11 is 0. The second kappa shape index (κ2) is 4.87. The molecule has 1 atom stereocenters. The van der Waals surface area contributed by atoms with E-state index in [-0.39, 0.29) is 5.92 Å². The molecule has 2 N–H and O–H groups in total. The van der Waals surface area contributed by atoms with Gasteiger partial charge in [0, 0.05) is 12.5 Å². The first-order valence-electron chi connectivity index (χ1n) is 5.70. The average Bonchev–Trinajstić information content (AvgIpc) is 2.72. The van der Waals surface area contributed by atoms with Crippen LogP contribution in [-0.4, -0.2) is 9.55 Å². The first-order valence-corrected chi connectivity index (χ1v) is 5.70. The van der Waals surface area contributed by atoms with E-state index in [2.05, 4.69) is 30.6 Å². The van der Waals surface area contributed by atoms with Gasteiger partial charge in [-0.25, -0.2) is 4.98 Å². The van der Waals surface area contributed by atoms with Crippen molar-refractivity contribution in [1.82, 2.24) is 9.55 Å². The summed E-state index contributed by atoms with van der Waals surface area (Å²) < 4.78 is 1.90. The van der Waals surface area contributed by atoms with Crippen molar-refractivity contribution in [2.45, 2.75) is 19.4 Å². The summed E-state index contributed by atoms with van der Waals surface area (Å²) in [5.41, 5.74) is 8.23. The molecule has 1 unspecified atom stereocenters. The summed E-state index contributed by atoms with van der Waals surface area (Å²) in [6.07, 6.45) is 3.58. The molecule has 0 saturated carbocycles. The lowest BCUT2D eigenvalue weighted by molar-refractivity contribution is 0.830. The van der Waals surface area contributed by atoms with Crippen LogP contribution in [0.4, 0.5) is 5.82 Å². The Bertz CT molecular complexity index is 499. The molecule has 0 aliphatic carbocycles. The Kier molecular flexibility index (Phi) is 3.28. The zero-order valence-corrected chi connectivity index (χ0v) is 10.0. The summed E-state index contributed by atoms with van der Waals surface area (Å²) in [6, 6.07) is 10.3. The highest BCUT2D eigenvalue weighted by Crippen LogP contribution is 2.26. The number of imidazole rings is 1. The molecule has 0 aliphatic heterocycles. The van der Waals surface area contributed by atoms with Gasteiger partial charge in [-0.2, -0.15) is 0 Å². The van der Waals surface area contributed by atoms with Crippen LogP contribution < -0.4 is 5.73 Å². The van der Waals surface area contributed by atoms with Crippen LogP contribution in [-0.2, 0) is 6.54 Å². The van der Waals surface area contributed by atoms with Crippen molar-refractivity contribution < 1.29 is 0 Å². The van der Waals surface area contributed by atoms with Crippen molar-refractivity contribution in [3.8, 4) is 0 Å². The Labute approximate surface area is 102 Å². The molecule has 2 rings (SSSR count). The van der Waals surface area contributed by atoms with E-state index in [1.165, 1.54) is 5.56 Å². The van der Waals surface area contributed by atoms with Crippen LogP contribution in [0.3, 0.4) is 0 Å². The molecule has 1 aromatic carbocycles. The van der Waals surface area contributed by atoms with Crippen LogP contribution in [0.25, 0.3) is 0 Å². The third-order valence-corrected chi connectivity index (χ3v) is 2.94. The molecule has 17 heavy (non-hydrogen) atoms. The number of nitrogen functional groups attached to an aromatic ring is 1. The predicted octanol–water partition coefficient (Wildman–Crippen LogP) is 2.80. The molecule has 0 saturated heterocycles. The minimum Gasteiger partial charge on any atom is -0.384 e. The van der Waals surface area contributed by atoms with Gasteiger partial charge in [0.15, 0.2) is 0 Å². The number of allylic oxidation sites excluding steroid dienone is 1. The Morgan fingerprint density at radius 1 is 1.41 bits per heavy atom. The number of anilines is 1. The molecule has 88 valence electrons. The molecule has 3 nitrogen and oxygen atoms in total. The Morgan fingerprint density at radius 2 is 2.12 bits per heavy atom. The fraction of sp³-hybridized carbons (Fsp3) is 0.214. The monoisotopic (exact) mass is 227 g/mol. The number of aromatic nitrogens is 2.